The summed E-state index contributed by atoms with van der Waals surface area (Å²) in [5, 5.41) is 5.78. The van der Waals surface area contributed by atoms with Crippen LogP contribution in [0.2, 0.25) is 0 Å². The van der Waals surface area contributed by atoms with Crippen LogP contribution in [0.25, 0.3) is 0 Å². The maximum Gasteiger partial charge on any atom is 0.255 e. The van der Waals surface area contributed by atoms with Crippen LogP contribution in [0.5, 0.6) is 0 Å². The van der Waals surface area contributed by atoms with Crippen LogP contribution in [0, 0.1) is 5.82 Å². The van der Waals surface area contributed by atoms with Crippen molar-refractivity contribution in [1.82, 2.24) is 5.32 Å². The van der Waals surface area contributed by atoms with Gasteiger partial charge in [-0.25, -0.2) is 4.39 Å². The lowest BCUT2D eigenvalue weighted by Crippen LogP contribution is -2.55. The van der Waals surface area contributed by atoms with Crippen LogP contribution in [0.4, 0.5) is 10.1 Å². The first kappa shape index (κ1) is 22.8. The van der Waals surface area contributed by atoms with E-state index in [9.17, 15) is 14.0 Å². The highest BCUT2D eigenvalue weighted by Crippen LogP contribution is 2.27. The molecule has 0 bridgehead atoms. The van der Waals surface area contributed by atoms with Crippen molar-refractivity contribution in [2.75, 3.05) is 5.32 Å². The molecule has 2 aromatic rings. The highest BCUT2D eigenvalue weighted by Gasteiger charge is 2.35. The van der Waals surface area contributed by atoms with Crippen molar-refractivity contribution < 1.29 is 14.0 Å². The Kier molecular flexibility index (Phi) is 7.76. The monoisotopic (exact) mass is 419 g/mol. The molecule has 3 rings (SSSR count). The number of carbonyl (C=O) groups is 2. The van der Waals surface area contributed by atoms with Crippen LogP contribution in [0.15, 0.2) is 48.5 Å². The van der Waals surface area contributed by atoms with Gasteiger partial charge in [0.1, 0.15) is 5.82 Å². The van der Waals surface area contributed by atoms with E-state index in [1.807, 2.05) is 19.1 Å². The predicted octanol–water partition coefficient (Wildman–Crippen LogP) is 4.34. The third kappa shape index (κ3) is 5.78. The first-order chi connectivity index (χ1) is 13.4. The Morgan fingerprint density at radius 2 is 1.59 bits per heavy atom. The minimum Gasteiger partial charge on any atom is -0.348 e. The highest BCUT2D eigenvalue weighted by atomic mass is 35.5. The molecule has 2 aromatic carbocycles. The summed E-state index contributed by atoms with van der Waals surface area (Å²) in [6.07, 6.45) is 4.55. The van der Waals surface area contributed by atoms with Gasteiger partial charge in [-0.2, -0.15) is 0 Å². The molecular formula is C22H27ClFN3O2. The van der Waals surface area contributed by atoms with Gasteiger partial charge in [0.15, 0.2) is 0 Å². The van der Waals surface area contributed by atoms with Crippen LogP contribution < -0.4 is 16.4 Å². The maximum atomic E-state index is 13.0. The SMILES string of the molecule is CC(NC(=O)C1(N)CCCCC1)c1ccc(NC(=O)c2ccc(F)cc2)cc1.Cl. The number of hydrogen-bond acceptors (Lipinski definition) is 3. The van der Waals surface area contributed by atoms with Gasteiger partial charge in [0, 0.05) is 11.3 Å². The average Bonchev–Trinajstić information content (AvgIpc) is 2.69. The summed E-state index contributed by atoms with van der Waals surface area (Å²) >= 11 is 0. The van der Waals surface area contributed by atoms with E-state index < -0.39 is 5.54 Å². The van der Waals surface area contributed by atoms with Crippen LogP contribution in [-0.2, 0) is 4.79 Å². The molecule has 1 saturated carbocycles. The molecule has 0 spiro atoms. The minimum atomic E-state index is -0.768. The summed E-state index contributed by atoms with van der Waals surface area (Å²) in [5.41, 5.74) is 7.45. The van der Waals surface area contributed by atoms with E-state index >= 15 is 0 Å². The maximum absolute atomic E-state index is 13.0. The molecule has 5 nitrogen and oxygen atoms in total. The van der Waals surface area contributed by atoms with Crippen LogP contribution in [0.3, 0.4) is 0 Å². The first-order valence-corrected chi connectivity index (χ1v) is 9.64. The van der Waals surface area contributed by atoms with E-state index in [2.05, 4.69) is 10.6 Å². The van der Waals surface area contributed by atoms with E-state index in [4.69, 9.17) is 5.73 Å². The molecule has 0 saturated heterocycles. The zero-order valence-electron chi connectivity index (χ0n) is 16.4. The second-order valence-electron chi connectivity index (χ2n) is 7.49. The summed E-state index contributed by atoms with van der Waals surface area (Å²) < 4.78 is 13.0. The van der Waals surface area contributed by atoms with Crippen molar-refractivity contribution >= 4 is 29.9 Å². The highest BCUT2D eigenvalue weighted by molar-refractivity contribution is 6.04. The van der Waals surface area contributed by atoms with Crippen molar-refractivity contribution in [3.8, 4) is 0 Å². The Labute approximate surface area is 176 Å². The molecular weight excluding hydrogens is 393 g/mol. The average molecular weight is 420 g/mol. The standard InChI is InChI=1S/C22H26FN3O2.ClH/c1-15(25-21(28)22(24)13-3-2-4-14-22)16-7-11-19(12-8-16)26-20(27)17-5-9-18(23)10-6-17;/h5-12,15H,2-4,13-14,24H2,1H3,(H,25,28)(H,26,27);1H. The second-order valence-corrected chi connectivity index (χ2v) is 7.49. The van der Waals surface area contributed by atoms with E-state index in [-0.39, 0.29) is 36.1 Å². The molecule has 0 aliphatic heterocycles. The number of anilines is 1. The van der Waals surface area contributed by atoms with Gasteiger partial charge < -0.3 is 16.4 Å². The molecule has 2 amide bonds. The third-order valence-electron chi connectivity index (χ3n) is 5.32. The number of halogens is 2. The van der Waals surface area contributed by atoms with Gasteiger partial charge >= 0.3 is 0 Å². The van der Waals surface area contributed by atoms with E-state index in [1.165, 1.54) is 24.3 Å². The van der Waals surface area contributed by atoms with Crippen LogP contribution >= 0.6 is 12.4 Å². The number of nitrogens with two attached hydrogens (primary N) is 1. The normalized spacial score (nSPS) is 16.2. The molecule has 0 aromatic heterocycles. The second kappa shape index (κ2) is 9.85. The Balaban J connectivity index is 0.00000300. The molecule has 1 atom stereocenters. The Morgan fingerprint density at radius 3 is 2.17 bits per heavy atom. The van der Waals surface area contributed by atoms with Gasteiger partial charge in [-0.15, -0.1) is 12.4 Å². The summed E-state index contributed by atoms with van der Waals surface area (Å²) in [4.78, 5) is 24.8. The zero-order valence-corrected chi connectivity index (χ0v) is 17.2. The van der Waals surface area contributed by atoms with Crippen molar-refractivity contribution in [3.05, 3.63) is 65.5 Å². The molecule has 156 valence electrons. The van der Waals surface area contributed by atoms with Crippen molar-refractivity contribution in [3.63, 3.8) is 0 Å². The quantitative estimate of drug-likeness (QED) is 0.674. The zero-order chi connectivity index (χ0) is 20.1. The predicted molar refractivity (Wildman–Crippen MR) is 115 cm³/mol. The van der Waals surface area contributed by atoms with Crippen molar-refractivity contribution in [2.45, 2.75) is 50.6 Å². The number of rotatable bonds is 5. The van der Waals surface area contributed by atoms with E-state index in [1.54, 1.807) is 12.1 Å². The fourth-order valence-corrected chi connectivity index (χ4v) is 3.49. The summed E-state index contributed by atoms with van der Waals surface area (Å²) in [6.45, 7) is 1.91. The topological polar surface area (TPSA) is 84.2 Å². The van der Waals surface area contributed by atoms with Crippen molar-refractivity contribution in [2.24, 2.45) is 5.73 Å². The molecule has 1 unspecified atom stereocenters. The van der Waals surface area contributed by atoms with E-state index in [0.29, 0.717) is 11.3 Å². The molecule has 1 aliphatic carbocycles. The fourth-order valence-electron chi connectivity index (χ4n) is 3.49. The van der Waals surface area contributed by atoms with Gasteiger partial charge in [0.2, 0.25) is 5.91 Å². The lowest BCUT2D eigenvalue weighted by Gasteiger charge is -2.33. The van der Waals surface area contributed by atoms with Gasteiger partial charge in [-0.3, -0.25) is 9.59 Å². The third-order valence-corrected chi connectivity index (χ3v) is 5.32. The summed E-state index contributed by atoms with van der Waals surface area (Å²) in [6, 6.07) is 12.4. The molecule has 7 heteroatoms. The minimum absolute atomic E-state index is 0. The number of hydrogen-bond donors (Lipinski definition) is 3. The number of nitrogens with one attached hydrogen (secondary N) is 2. The first-order valence-electron chi connectivity index (χ1n) is 9.64. The fraction of sp³-hybridized carbons (Fsp3) is 0.364. The Bertz CT molecular complexity index is 834. The molecule has 0 heterocycles. The lowest BCUT2D eigenvalue weighted by molar-refractivity contribution is -0.128. The number of amides is 2. The lowest BCUT2D eigenvalue weighted by atomic mass is 9.81. The molecule has 1 fully saturated rings. The molecule has 4 N–H and O–H groups in total. The smallest absolute Gasteiger partial charge is 0.255 e. The van der Waals surface area contributed by atoms with E-state index in [0.717, 1.165) is 37.7 Å². The van der Waals surface area contributed by atoms with Gasteiger partial charge in [-0.1, -0.05) is 31.4 Å². The summed E-state index contributed by atoms with van der Waals surface area (Å²) in [7, 11) is 0. The van der Waals surface area contributed by atoms with Gasteiger partial charge in [0.05, 0.1) is 11.6 Å². The Hall–Kier alpha value is -2.44. The summed E-state index contributed by atoms with van der Waals surface area (Å²) in [5.74, 6) is -0.797. The Morgan fingerprint density at radius 1 is 1.00 bits per heavy atom. The van der Waals surface area contributed by atoms with Gasteiger partial charge in [0.25, 0.3) is 5.91 Å². The largest absolute Gasteiger partial charge is 0.348 e. The number of carbonyl (C=O) groups excluding carboxylic acids is 2. The van der Waals surface area contributed by atoms with Crippen LogP contribution in [-0.4, -0.2) is 17.4 Å². The van der Waals surface area contributed by atoms with Crippen LogP contribution in [0.1, 0.15) is 61.0 Å². The number of benzene rings is 2. The molecule has 29 heavy (non-hydrogen) atoms. The van der Waals surface area contributed by atoms with Gasteiger partial charge in [-0.05, 0) is 61.7 Å². The molecule has 1 aliphatic rings. The van der Waals surface area contributed by atoms with Crippen molar-refractivity contribution in [1.29, 1.82) is 0 Å². The molecule has 0 radical (unpaired) electrons.